The van der Waals surface area contributed by atoms with Crippen LogP contribution in [0.15, 0.2) is 66.7 Å². The number of hydrogen-bond acceptors (Lipinski definition) is 7. The lowest BCUT2D eigenvalue weighted by Gasteiger charge is -2.13. The molecule has 4 rings (SSSR count). The van der Waals surface area contributed by atoms with Crippen LogP contribution in [-0.4, -0.2) is 33.1 Å². The molecule has 0 bridgehead atoms. The summed E-state index contributed by atoms with van der Waals surface area (Å²) in [7, 11) is 0. The standard InChI is InChI=1S/C21H15N3O4/c1-2-27-15-6-7-17-16(11-15)21(28-19-10-14(25)5-8-18(19)26)24-20(23-17)13-4-3-9-22-12-13/h3-12H,2H2,1H3. The molecule has 0 atom stereocenters. The molecule has 1 aliphatic carbocycles. The summed E-state index contributed by atoms with van der Waals surface area (Å²) >= 11 is 0. The third-order valence-corrected chi connectivity index (χ3v) is 3.98. The molecule has 0 N–H and O–H groups in total. The maximum atomic E-state index is 12.1. The van der Waals surface area contributed by atoms with Gasteiger partial charge in [-0.05, 0) is 49.4 Å². The smallest absolute Gasteiger partial charge is 0.231 e. The minimum absolute atomic E-state index is 0.0913. The molecule has 7 nitrogen and oxygen atoms in total. The van der Waals surface area contributed by atoms with Gasteiger partial charge < -0.3 is 9.47 Å². The number of benzene rings is 1. The van der Waals surface area contributed by atoms with Crippen molar-refractivity contribution < 1.29 is 19.1 Å². The predicted molar refractivity (Wildman–Crippen MR) is 102 cm³/mol. The van der Waals surface area contributed by atoms with Crippen LogP contribution in [0.25, 0.3) is 22.3 Å². The fourth-order valence-corrected chi connectivity index (χ4v) is 2.71. The van der Waals surface area contributed by atoms with Gasteiger partial charge in [-0.15, -0.1) is 0 Å². The molecular formula is C21H15N3O4. The van der Waals surface area contributed by atoms with Crippen molar-refractivity contribution in [2.45, 2.75) is 6.92 Å². The number of carbonyl (C=O) groups excluding carboxylic acids is 2. The quantitative estimate of drug-likeness (QED) is 0.635. The zero-order valence-corrected chi connectivity index (χ0v) is 15.0. The molecule has 0 unspecified atom stereocenters. The molecule has 0 fully saturated rings. The van der Waals surface area contributed by atoms with Crippen LogP contribution in [0.3, 0.4) is 0 Å². The van der Waals surface area contributed by atoms with Crippen molar-refractivity contribution in [2.75, 3.05) is 6.61 Å². The van der Waals surface area contributed by atoms with E-state index >= 15 is 0 Å². The molecule has 1 aliphatic rings. The Bertz CT molecular complexity index is 1140. The lowest BCUT2D eigenvalue weighted by Crippen LogP contribution is -2.13. The summed E-state index contributed by atoms with van der Waals surface area (Å²) in [5.41, 5.74) is 1.31. The number of nitrogens with zero attached hydrogens (tertiary/aromatic N) is 3. The Morgan fingerprint density at radius 3 is 2.75 bits per heavy atom. The zero-order chi connectivity index (χ0) is 19.5. The van der Waals surface area contributed by atoms with Crippen LogP contribution >= 0.6 is 0 Å². The third kappa shape index (κ3) is 3.50. The lowest BCUT2D eigenvalue weighted by molar-refractivity contribution is -0.116. The Hall–Kier alpha value is -3.87. The maximum Gasteiger partial charge on any atom is 0.231 e. The lowest BCUT2D eigenvalue weighted by atomic mass is 10.1. The fourth-order valence-electron chi connectivity index (χ4n) is 2.71. The molecular weight excluding hydrogens is 358 g/mol. The third-order valence-electron chi connectivity index (χ3n) is 3.98. The molecule has 7 heteroatoms. The van der Waals surface area contributed by atoms with Crippen LogP contribution < -0.4 is 9.47 Å². The monoisotopic (exact) mass is 373 g/mol. The molecule has 0 radical (unpaired) electrons. The van der Waals surface area contributed by atoms with Crippen molar-refractivity contribution in [3.63, 3.8) is 0 Å². The van der Waals surface area contributed by atoms with E-state index in [1.165, 1.54) is 12.2 Å². The highest BCUT2D eigenvalue weighted by atomic mass is 16.5. The molecule has 0 saturated carbocycles. The number of pyridine rings is 1. The SMILES string of the molecule is CCOc1ccc2nc(-c3cccnc3)nc(OC3=CC(=O)C=CC3=O)c2c1. The van der Waals surface area contributed by atoms with Crippen LogP contribution in [-0.2, 0) is 9.59 Å². The first-order valence-electron chi connectivity index (χ1n) is 8.65. The number of fused-ring (bicyclic) bond motifs is 1. The van der Waals surface area contributed by atoms with E-state index in [0.29, 0.717) is 34.6 Å². The number of rotatable bonds is 5. The Balaban J connectivity index is 1.86. The van der Waals surface area contributed by atoms with Crippen LogP contribution in [0.2, 0.25) is 0 Å². The Morgan fingerprint density at radius 2 is 1.96 bits per heavy atom. The summed E-state index contributed by atoms with van der Waals surface area (Å²) < 4.78 is 11.3. The van der Waals surface area contributed by atoms with Gasteiger partial charge in [-0.3, -0.25) is 14.6 Å². The summed E-state index contributed by atoms with van der Waals surface area (Å²) in [5.74, 6) is 0.355. The van der Waals surface area contributed by atoms with Gasteiger partial charge in [0.05, 0.1) is 17.5 Å². The van der Waals surface area contributed by atoms with Crippen molar-refractivity contribution in [3.8, 4) is 23.0 Å². The van der Waals surface area contributed by atoms with E-state index in [0.717, 1.165) is 6.08 Å². The molecule has 2 heterocycles. The summed E-state index contributed by atoms with van der Waals surface area (Å²) in [5, 5.41) is 0.564. The van der Waals surface area contributed by atoms with Crippen molar-refractivity contribution in [3.05, 3.63) is 66.7 Å². The fraction of sp³-hybridized carbons (Fsp3) is 0.0952. The number of carbonyl (C=O) groups is 2. The topological polar surface area (TPSA) is 91.3 Å². The molecule has 0 amide bonds. The first-order chi connectivity index (χ1) is 13.6. The minimum Gasteiger partial charge on any atom is -0.494 e. The van der Waals surface area contributed by atoms with E-state index < -0.39 is 5.78 Å². The van der Waals surface area contributed by atoms with Crippen molar-refractivity contribution >= 4 is 22.5 Å². The molecule has 0 spiro atoms. The second kappa shape index (κ2) is 7.40. The van der Waals surface area contributed by atoms with Gasteiger partial charge in [0.1, 0.15) is 5.75 Å². The van der Waals surface area contributed by atoms with Gasteiger partial charge in [0, 0.05) is 24.0 Å². The van der Waals surface area contributed by atoms with E-state index in [4.69, 9.17) is 9.47 Å². The first-order valence-corrected chi connectivity index (χ1v) is 8.65. The Labute approximate surface area is 160 Å². The second-order valence-corrected chi connectivity index (χ2v) is 5.92. The zero-order valence-electron chi connectivity index (χ0n) is 15.0. The van der Waals surface area contributed by atoms with E-state index in [1.807, 2.05) is 13.0 Å². The number of allylic oxidation sites excluding steroid dienone is 3. The number of ether oxygens (including phenoxy) is 2. The van der Waals surface area contributed by atoms with Gasteiger partial charge in [-0.2, -0.15) is 4.98 Å². The largest absolute Gasteiger partial charge is 0.494 e. The molecule has 0 aliphatic heterocycles. The van der Waals surface area contributed by atoms with Crippen molar-refractivity contribution in [1.29, 1.82) is 0 Å². The highest BCUT2D eigenvalue weighted by molar-refractivity contribution is 6.16. The Morgan fingerprint density at radius 1 is 1.07 bits per heavy atom. The molecule has 2 aromatic heterocycles. The first kappa shape index (κ1) is 17.5. The molecule has 0 saturated heterocycles. The van der Waals surface area contributed by atoms with Gasteiger partial charge in [0.2, 0.25) is 11.7 Å². The van der Waals surface area contributed by atoms with E-state index in [9.17, 15) is 9.59 Å². The van der Waals surface area contributed by atoms with E-state index in [-0.39, 0.29) is 17.4 Å². The number of hydrogen-bond donors (Lipinski definition) is 0. The second-order valence-electron chi connectivity index (χ2n) is 5.92. The average molecular weight is 373 g/mol. The van der Waals surface area contributed by atoms with E-state index in [2.05, 4.69) is 15.0 Å². The Kier molecular flexibility index (Phi) is 4.63. The highest BCUT2D eigenvalue weighted by Crippen LogP contribution is 2.31. The number of aromatic nitrogens is 3. The number of ketones is 2. The molecule has 3 aromatic rings. The minimum atomic E-state index is -0.407. The summed E-state index contributed by atoms with van der Waals surface area (Å²) in [6.45, 7) is 2.38. The van der Waals surface area contributed by atoms with Crippen LogP contribution in [0, 0.1) is 0 Å². The van der Waals surface area contributed by atoms with Gasteiger partial charge in [-0.1, -0.05) is 0 Å². The molecule has 1 aromatic carbocycles. The van der Waals surface area contributed by atoms with Crippen LogP contribution in [0.4, 0.5) is 0 Å². The summed E-state index contributed by atoms with van der Waals surface area (Å²) in [6.07, 6.45) is 6.80. The van der Waals surface area contributed by atoms with Crippen LogP contribution in [0.5, 0.6) is 11.6 Å². The normalized spacial score (nSPS) is 13.5. The van der Waals surface area contributed by atoms with Gasteiger partial charge in [-0.25, -0.2) is 4.98 Å². The predicted octanol–water partition coefficient (Wildman–Crippen LogP) is 3.06. The molecule has 28 heavy (non-hydrogen) atoms. The van der Waals surface area contributed by atoms with Gasteiger partial charge in [0.25, 0.3) is 0 Å². The summed E-state index contributed by atoms with van der Waals surface area (Å²) in [4.78, 5) is 36.9. The summed E-state index contributed by atoms with van der Waals surface area (Å²) in [6, 6.07) is 8.93. The molecule has 138 valence electrons. The van der Waals surface area contributed by atoms with Crippen LogP contribution in [0.1, 0.15) is 6.92 Å². The average Bonchev–Trinajstić information content (AvgIpc) is 2.72. The van der Waals surface area contributed by atoms with Gasteiger partial charge >= 0.3 is 0 Å². The van der Waals surface area contributed by atoms with Crippen molar-refractivity contribution in [1.82, 2.24) is 15.0 Å². The van der Waals surface area contributed by atoms with E-state index in [1.54, 1.807) is 36.7 Å². The van der Waals surface area contributed by atoms with Gasteiger partial charge in [0.15, 0.2) is 17.4 Å². The maximum absolute atomic E-state index is 12.1. The highest BCUT2D eigenvalue weighted by Gasteiger charge is 2.19. The van der Waals surface area contributed by atoms with Crippen molar-refractivity contribution in [2.24, 2.45) is 0 Å².